The van der Waals surface area contributed by atoms with Gasteiger partial charge in [0.15, 0.2) is 0 Å². The molecule has 0 bridgehead atoms. The van der Waals surface area contributed by atoms with Crippen molar-refractivity contribution in [3.8, 4) is 0 Å². The second-order valence-corrected chi connectivity index (χ2v) is 3.60. The molecular weight excluding hydrogens is 220 g/mol. The summed E-state index contributed by atoms with van der Waals surface area (Å²) in [4.78, 5) is 26.2. The Kier molecular flexibility index (Phi) is 4.39. The third-order valence-corrected chi connectivity index (χ3v) is 2.40. The molecule has 1 aromatic heterocycles. The fourth-order valence-corrected chi connectivity index (χ4v) is 1.15. The number of carbonyl (C=O) groups excluding carboxylic acids is 1. The van der Waals surface area contributed by atoms with E-state index in [-0.39, 0.29) is 17.1 Å². The predicted octanol–water partition coefficient (Wildman–Crippen LogP) is 1.12. The van der Waals surface area contributed by atoms with Gasteiger partial charge in [-0.05, 0) is 25.5 Å². The van der Waals surface area contributed by atoms with Gasteiger partial charge in [0.05, 0.1) is 0 Å². The van der Waals surface area contributed by atoms with E-state index in [9.17, 15) is 9.59 Å². The first-order chi connectivity index (χ1) is 8.02. The van der Waals surface area contributed by atoms with Gasteiger partial charge in [-0.2, -0.15) is 0 Å². The molecule has 1 amide bonds. The van der Waals surface area contributed by atoms with Gasteiger partial charge in [0, 0.05) is 30.1 Å². The van der Waals surface area contributed by atoms with Crippen LogP contribution in [0.2, 0.25) is 0 Å². The van der Waals surface area contributed by atoms with Gasteiger partial charge in [0.1, 0.15) is 0 Å². The van der Waals surface area contributed by atoms with Gasteiger partial charge in [-0.15, -0.1) is 0 Å². The molecule has 90 valence electrons. The van der Waals surface area contributed by atoms with Gasteiger partial charge in [0.2, 0.25) is 5.91 Å². The molecule has 1 aromatic rings. The minimum atomic E-state index is -1.08. The van der Waals surface area contributed by atoms with Crippen molar-refractivity contribution in [3.05, 3.63) is 41.2 Å². The van der Waals surface area contributed by atoms with E-state index in [0.717, 1.165) is 5.56 Å². The zero-order valence-electron chi connectivity index (χ0n) is 9.73. The second kappa shape index (κ2) is 5.79. The molecule has 17 heavy (non-hydrogen) atoms. The first kappa shape index (κ1) is 12.9. The molecule has 0 aromatic carbocycles. The van der Waals surface area contributed by atoms with Crippen molar-refractivity contribution in [1.29, 1.82) is 0 Å². The van der Waals surface area contributed by atoms with E-state index in [4.69, 9.17) is 5.11 Å². The summed E-state index contributed by atoms with van der Waals surface area (Å²) in [5.41, 5.74) is 1.12. The van der Waals surface area contributed by atoms with E-state index in [1.165, 1.54) is 13.8 Å². The molecule has 0 atom stereocenters. The summed E-state index contributed by atoms with van der Waals surface area (Å²) in [5.74, 6) is -1.47. The van der Waals surface area contributed by atoms with Crippen molar-refractivity contribution in [2.75, 3.05) is 0 Å². The lowest BCUT2D eigenvalue weighted by atomic mass is 10.1. The molecule has 0 aliphatic carbocycles. The molecule has 0 unspecified atom stereocenters. The van der Waals surface area contributed by atoms with Gasteiger partial charge in [-0.25, -0.2) is 4.79 Å². The standard InChI is InChI=1S/C12H14N2O3/c1-8(9(2)12(16)17)11(15)14-7-10-4-3-5-13-6-10/h3-6H,7H2,1-2H3,(H,14,15)(H,16,17)/b9-8-. The van der Waals surface area contributed by atoms with Crippen LogP contribution in [0.5, 0.6) is 0 Å². The maximum Gasteiger partial charge on any atom is 0.331 e. The highest BCUT2D eigenvalue weighted by molar-refractivity contribution is 6.01. The first-order valence-corrected chi connectivity index (χ1v) is 5.10. The summed E-state index contributed by atoms with van der Waals surface area (Å²) in [5, 5.41) is 11.4. The SMILES string of the molecule is C/C(C(=O)O)=C(\C)C(=O)NCc1cccnc1. The summed E-state index contributed by atoms with van der Waals surface area (Å²) in [6.07, 6.45) is 3.29. The van der Waals surface area contributed by atoms with Gasteiger partial charge in [-0.1, -0.05) is 6.07 Å². The minimum absolute atomic E-state index is 0.0497. The first-order valence-electron chi connectivity index (χ1n) is 5.10. The molecule has 0 spiro atoms. The van der Waals surface area contributed by atoms with Crippen LogP contribution >= 0.6 is 0 Å². The average Bonchev–Trinajstić information content (AvgIpc) is 2.35. The summed E-state index contributed by atoms with van der Waals surface area (Å²) in [6.45, 7) is 3.22. The lowest BCUT2D eigenvalue weighted by Gasteiger charge is -2.06. The maximum absolute atomic E-state index is 11.6. The molecule has 0 radical (unpaired) electrons. The topological polar surface area (TPSA) is 79.3 Å². The monoisotopic (exact) mass is 234 g/mol. The van der Waals surface area contributed by atoms with Crippen LogP contribution in [0.4, 0.5) is 0 Å². The fourth-order valence-electron chi connectivity index (χ4n) is 1.15. The predicted molar refractivity (Wildman–Crippen MR) is 62.1 cm³/mol. The van der Waals surface area contributed by atoms with Crippen LogP contribution in [0.15, 0.2) is 35.7 Å². The van der Waals surface area contributed by atoms with E-state index < -0.39 is 5.97 Å². The molecular formula is C12H14N2O3. The largest absolute Gasteiger partial charge is 0.478 e. The second-order valence-electron chi connectivity index (χ2n) is 3.60. The summed E-state index contributed by atoms with van der Waals surface area (Å²) < 4.78 is 0. The number of hydrogen-bond donors (Lipinski definition) is 2. The van der Waals surface area contributed by atoms with Crippen LogP contribution in [0, 0.1) is 0 Å². The quantitative estimate of drug-likeness (QED) is 0.765. The highest BCUT2D eigenvalue weighted by Crippen LogP contribution is 2.04. The number of carboxylic acid groups (broad SMARTS) is 1. The van der Waals surface area contributed by atoms with Crippen molar-refractivity contribution >= 4 is 11.9 Å². The Morgan fingerprint density at radius 1 is 1.35 bits per heavy atom. The Morgan fingerprint density at radius 2 is 2.06 bits per heavy atom. The Bertz CT molecular complexity index is 452. The minimum Gasteiger partial charge on any atom is -0.478 e. The number of nitrogens with one attached hydrogen (secondary N) is 1. The molecule has 5 nitrogen and oxygen atoms in total. The number of nitrogens with zero attached hydrogens (tertiary/aromatic N) is 1. The van der Waals surface area contributed by atoms with Crippen LogP contribution < -0.4 is 5.32 Å². The Hall–Kier alpha value is -2.17. The third kappa shape index (κ3) is 3.71. The number of carbonyl (C=O) groups is 2. The number of aliphatic carboxylic acids is 1. The van der Waals surface area contributed by atoms with E-state index in [0.29, 0.717) is 6.54 Å². The highest BCUT2D eigenvalue weighted by atomic mass is 16.4. The lowest BCUT2D eigenvalue weighted by Crippen LogP contribution is -2.25. The summed E-state index contributed by atoms with van der Waals surface area (Å²) in [7, 11) is 0. The van der Waals surface area contributed by atoms with Crippen LogP contribution in [0.3, 0.4) is 0 Å². The molecule has 0 fully saturated rings. The molecule has 0 saturated carbocycles. The van der Waals surface area contributed by atoms with Crippen LogP contribution in [0.25, 0.3) is 0 Å². The smallest absolute Gasteiger partial charge is 0.331 e. The van der Waals surface area contributed by atoms with E-state index >= 15 is 0 Å². The lowest BCUT2D eigenvalue weighted by molar-refractivity contribution is -0.133. The third-order valence-electron chi connectivity index (χ3n) is 2.40. The van der Waals surface area contributed by atoms with Crippen molar-refractivity contribution in [3.63, 3.8) is 0 Å². The van der Waals surface area contributed by atoms with Gasteiger partial charge >= 0.3 is 5.97 Å². The van der Waals surface area contributed by atoms with Gasteiger partial charge < -0.3 is 10.4 Å². The Balaban J connectivity index is 2.62. The van der Waals surface area contributed by atoms with E-state index in [1.54, 1.807) is 18.5 Å². The molecule has 0 aliphatic heterocycles. The Morgan fingerprint density at radius 3 is 2.59 bits per heavy atom. The highest BCUT2D eigenvalue weighted by Gasteiger charge is 2.11. The number of aromatic nitrogens is 1. The molecule has 5 heteroatoms. The summed E-state index contributed by atoms with van der Waals surface area (Å²) in [6, 6.07) is 3.60. The van der Waals surface area contributed by atoms with Crippen LogP contribution in [-0.4, -0.2) is 22.0 Å². The summed E-state index contributed by atoms with van der Waals surface area (Å²) >= 11 is 0. The van der Waals surface area contributed by atoms with E-state index in [1.807, 2.05) is 6.07 Å². The van der Waals surface area contributed by atoms with Crippen molar-refractivity contribution in [2.45, 2.75) is 20.4 Å². The molecule has 1 heterocycles. The number of rotatable bonds is 4. The zero-order chi connectivity index (χ0) is 12.8. The van der Waals surface area contributed by atoms with Gasteiger partial charge in [0.25, 0.3) is 0 Å². The number of carboxylic acids is 1. The van der Waals surface area contributed by atoms with Crippen molar-refractivity contribution in [2.24, 2.45) is 0 Å². The molecule has 0 saturated heterocycles. The van der Waals surface area contributed by atoms with Crippen molar-refractivity contribution < 1.29 is 14.7 Å². The number of pyridine rings is 1. The Labute approximate surface area is 99.2 Å². The fraction of sp³-hybridized carbons (Fsp3) is 0.250. The number of amides is 1. The average molecular weight is 234 g/mol. The molecule has 0 aliphatic rings. The molecule has 1 rings (SSSR count). The van der Waals surface area contributed by atoms with Gasteiger partial charge in [-0.3, -0.25) is 9.78 Å². The van der Waals surface area contributed by atoms with E-state index in [2.05, 4.69) is 10.3 Å². The molecule has 2 N–H and O–H groups in total. The normalized spacial score (nSPS) is 11.6. The zero-order valence-corrected chi connectivity index (χ0v) is 9.73. The maximum atomic E-state index is 11.6. The van der Waals surface area contributed by atoms with Crippen LogP contribution in [-0.2, 0) is 16.1 Å². The van der Waals surface area contributed by atoms with Crippen LogP contribution in [0.1, 0.15) is 19.4 Å². The van der Waals surface area contributed by atoms with Crippen molar-refractivity contribution in [1.82, 2.24) is 10.3 Å². The number of hydrogen-bond acceptors (Lipinski definition) is 3.